The second-order valence-electron chi connectivity index (χ2n) is 5.42. The van der Waals surface area contributed by atoms with E-state index in [-0.39, 0.29) is 11.4 Å². The summed E-state index contributed by atoms with van der Waals surface area (Å²) in [5.41, 5.74) is 0.633. The van der Waals surface area contributed by atoms with Gasteiger partial charge >= 0.3 is 11.7 Å². The van der Waals surface area contributed by atoms with Gasteiger partial charge in [0.1, 0.15) is 5.75 Å². The number of phenols is 1. The van der Waals surface area contributed by atoms with Crippen LogP contribution in [0.2, 0.25) is 0 Å². The Bertz CT molecular complexity index is 903. The van der Waals surface area contributed by atoms with Gasteiger partial charge in [-0.3, -0.25) is 29.4 Å². The molecule has 0 spiro atoms. The lowest BCUT2D eigenvalue weighted by Crippen LogP contribution is -2.55. The largest absolute Gasteiger partial charge is 0.508 e. The fourth-order valence-electron chi connectivity index (χ4n) is 2.81. The van der Waals surface area contributed by atoms with Crippen molar-refractivity contribution in [2.75, 3.05) is 0 Å². The van der Waals surface area contributed by atoms with E-state index in [0.29, 0.717) is 11.3 Å². The number of barbiturate groups is 1. The van der Waals surface area contributed by atoms with E-state index in [1.165, 1.54) is 35.4 Å². The van der Waals surface area contributed by atoms with Gasteiger partial charge in [0.15, 0.2) is 5.92 Å². The average molecular weight is 330 g/mol. The molecule has 0 saturated carbocycles. The first-order valence-corrected chi connectivity index (χ1v) is 7.02. The van der Waals surface area contributed by atoms with Crippen LogP contribution in [0, 0.1) is 0 Å². The minimum Gasteiger partial charge on any atom is -0.508 e. The number of aromatic hydroxyl groups is 1. The van der Waals surface area contributed by atoms with Gasteiger partial charge in [0.25, 0.3) is 0 Å². The Morgan fingerprint density at radius 2 is 1.46 bits per heavy atom. The van der Waals surface area contributed by atoms with Crippen molar-refractivity contribution in [3.05, 3.63) is 40.4 Å². The zero-order valence-corrected chi connectivity index (χ0v) is 12.9. The molecule has 0 radical (unpaired) electrons. The second kappa shape index (κ2) is 5.37. The molecule has 9 heteroatoms. The van der Waals surface area contributed by atoms with Crippen LogP contribution in [0.1, 0.15) is 11.6 Å². The van der Waals surface area contributed by atoms with E-state index in [1.807, 2.05) is 10.6 Å². The number of imidazole rings is 1. The summed E-state index contributed by atoms with van der Waals surface area (Å²) in [6.07, 6.45) is 0. The molecule has 9 nitrogen and oxygen atoms in total. The molecule has 1 fully saturated rings. The topological polar surface area (TPSA) is 122 Å². The quantitative estimate of drug-likeness (QED) is 0.644. The van der Waals surface area contributed by atoms with Crippen LogP contribution in [0.4, 0.5) is 4.79 Å². The number of nitrogens with zero attached hydrogens (tertiary/aromatic N) is 2. The van der Waals surface area contributed by atoms with Gasteiger partial charge in [0.2, 0.25) is 11.8 Å². The molecule has 124 valence electrons. The third-order valence-electron chi connectivity index (χ3n) is 3.93. The summed E-state index contributed by atoms with van der Waals surface area (Å²) < 4.78 is 2.50. The monoisotopic (exact) mass is 330 g/mol. The van der Waals surface area contributed by atoms with E-state index in [0.717, 1.165) is 0 Å². The van der Waals surface area contributed by atoms with Crippen LogP contribution >= 0.6 is 0 Å². The standard InChI is InChI=1S/C15H14N4O5/c1-18-10(7-3-5-8(20)6-4-7)11(19(2)15(18)24)9-12(21)16-14(23)17-13(9)22/h3-6,9,20H,1-2H3,(H2,16,17,21,22,23). The Hall–Kier alpha value is -3.36. The number of hydrogen-bond acceptors (Lipinski definition) is 5. The zero-order chi connectivity index (χ0) is 17.6. The van der Waals surface area contributed by atoms with Gasteiger partial charge in [-0.25, -0.2) is 9.59 Å². The molecule has 1 aromatic heterocycles. The minimum atomic E-state index is -1.34. The van der Waals surface area contributed by atoms with Crippen molar-refractivity contribution in [1.29, 1.82) is 0 Å². The highest BCUT2D eigenvalue weighted by molar-refractivity contribution is 6.19. The van der Waals surface area contributed by atoms with Gasteiger partial charge in [0.05, 0.1) is 11.4 Å². The molecule has 0 bridgehead atoms. The number of rotatable bonds is 2. The van der Waals surface area contributed by atoms with Crippen LogP contribution in [0.5, 0.6) is 5.75 Å². The molecule has 0 aliphatic carbocycles. The molecule has 2 aromatic rings. The molecule has 1 saturated heterocycles. The maximum atomic E-state index is 12.3. The van der Waals surface area contributed by atoms with Crippen molar-refractivity contribution < 1.29 is 19.5 Å². The Labute approximate surface area is 135 Å². The van der Waals surface area contributed by atoms with Crippen LogP contribution < -0.4 is 16.3 Å². The van der Waals surface area contributed by atoms with Crippen LogP contribution in [0.3, 0.4) is 0 Å². The van der Waals surface area contributed by atoms with Crippen molar-refractivity contribution in [1.82, 2.24) is 19.8 Å². The molecule has 2 heterocycles. The van der Waals surface area contributed by atoms with Crippen LogP contribution in [0.25, 0.3) is 11.3 Å². The van der Waals surface area contributed by atoms with Crippen molar-refractivity contribution >= 4 is 17.8 Å². The van der Waals surface area contributed by atoms with E-state index in [1.54, 1.807) is 12.1 Å². The summed E-state index contributed by atoms with van der Waals surface area (Å²) in [7, 11) is 2.95. The average Bonchev–Trinajstić information content (AvgIpc) is 2.72. The summed E-state index contributed by atoms with van der Waals surface area (Å²) in [6, 6.07) is 5.10. The molecule has 0 unspecified atom stereocenters. The molecular weight excluding hydrogens is 316 g/mol. The van der Waals surface area contributed by atoms with Gasteiger partial charge < -0.3 is 5.11 Å². The summed E-state index contributed by atoms with van der Waals surface area (Å²) in [6.45, 7) is 0. The second-order valence-corrected chi connectivity index (χ2v) is 5.42. The predicted molar refractivity (Wildman–Crippen MR) is 82.2 cm³/mol. The van der Waals surface area contributed by atoms with E-state index in [9.17, 15) is 24.3 Å². The number of hydrogen-bond donors (Lipinski definition) is 3. The maximum absolute atomic E-state index is 12.3. The number of aromatic nitrogens is 2. The molecule has 3 rings (SSSR count). The van der Waals surface area contributed by atoms with E-state index in [4.69, 9.17) is 0 Å². The lowest BCUT2D eigenvalue weighted by molar-refractivity contribution is -0.132. The fourth-order valence-corrected chi connectivity index (χ4v) is 2.81. The lowest BCUT2D eigenvalue weighted by atomic mass is 9.96. The highest BCUT2D eigenvalue weighted by Gasteiger charge is 2.40. The van der Waals surface area contributed by atoms with Crippen LogP contribution in [-0.4, -0.2) is 32.1 Å². The van der Waals surface area contributed by atoms with Crippen molar-refractivity contribution in [3.8, 4) is 17.0 Å². The summed E-state index contributed by atoms with van der Waals surface area (Å²) in [5, 5.41) is 13.5. The number of nitrogens with one attached hydrogen (secondary N) is 2. The SMILES string of the molecule is Cn1c(-c2ccc(O)cc2)c(C2C(=O)NC(=O)NC2=O)n(C)c1=O. The van der Waals surface area contributed by atoms with Crippen molar-refractivity contribution in [2.24, 2.45) is 14.1 Å². The zero-order valence-electron chi connectivity index (χ0n) is 12.9. The van der Waals surface area contributed by atoms with Gasteiger partial charge in [-0.15, -0.1) is 0 Å². The molecule has 1 aliphatic rings. The van der Waals surface area contributed by atoms with E-state index >= 15 is 0 Å². The highest BCUT2D eigenvalue weighted by atomic mass is 16.3. The Morgan fingerprint density at radius 3 is 2.00 bits per heavy atom. The van der Waals surface area contributed by atoms with Gasteiger partial charge in [-0.2, -0.15) is 0 Å². The third kappa shape index (κ3) is 2.26. The van der Waals surface area contributed by atoms with Gasteiger partial charge in [-0.05, 0) is 24.3 Å². The number of carbonyl (C=O) groups is 3. The first-order chi connectivity index (χ1) is 11.3. The van der Waals surface area contributed by atoms with Crippen LogP contribution in [0.15, 0.2) is 29.1 Å². The molecule has 3 N–H and O–H groups in total. The molecule has 1 aliphatic heterocycles. The number of carbonyl (C=O) groups excluding carboxylic acids is 3. The number of phenolic OH excluding ortho intramolecular Hbond substituents is 1. The molecule has 4 amide bonds. The molecular formula is C15H14N4O5. The molecule has 1 aromatic carbocycles. The van der Waals surface area contributed by atoms with Crippen LogP contribution in [-0.2, 0) is 23.7 Å². The number of urea groups is 1. The van der Waals surface area contributed by atoms with Crippen molar-refractivity contribution in [2.45, 2.75) is 5.92 Å². The Morgan fingerprint density at radius 1 is 0.917 bits per heavy atom. The highest BCUT2D eigenvalue weighted by Crippen LogP contribution is 2.30. The van der Waals surface area contributed by atoms with Gasteiger partial charge in [-0.1, -0.05) is 0 Å². The smallest absolute Gasteiger partial charge is 0.328 e. The number of imide groups is 2. The first kappa shape index (κ1) is 15.5. The van der Waals surface area contributed by atoms with Crippen molar-refractivity contribution in [3.63, 3.8) is 0 Å². The third-order valence-corrected chi connectivity index (χ3v) is 3.93. The number of benzene rings is 1. The Balaban J connectivity index is 2.25. The Kier molecular flexibility index (Phi) is 3.48. The lowest BCUT2D eigenvalue weighted by Gasteiger charge is -2.22. The predicted octanol–water partition coefficient (Wildman–Crippen LogP) is -0.454. The summed E-state index contributed by atoms with van der Waals surface area (Å²) >= 11 is 0. The van der Waals surface area contributed by atoms with Gasteiger partial charge in [0, 0.05) is 19.7 Å². The minimum absolute atomic E-state index is 0.0416. The molecule has 24 heavy (non-hydrogen) atoms. The maximum Gasteiger partial charge on any atom is 0.328 e. The molecule has 0 atom stereocenters. The van der Waals surface area contributed by atoms with E-state index in [2.05, 4.69) is 0 Å². The fraction of sp³-hybridized carbons (Fsp3) is 0.200. The first-order valence-electron chi connectivity index (χ1n) is 7.02. The normalized spacial score (nSPS) is 15.3. The summed E-state index contributed by atoms with van der Waals surface area (Å²) in [4.78, 5) is 47.9. The van der Waals surface area contributed by atoms with E-state index < -0.39 is 29.5 Å². The number of amides is 4. The summed E-state index contributed by atoms with van der Waals surface area (Å²) in [5.74, 6) is -2.90.